The van der Waals surface area contributed by atoms with Crippen LogP contribution in [-0.2, 0) is 16.1 Å². The van der Waals surface area contributed by atoms with E-state index in [1.165, 1.54) is 30.5 Å². The fraction of sp³-hybridized carbons (Fsp3) is 0.188. The van der Waals surface area contributed by atoms with Gasteiger partial charge in [0.05, 0.1) is 0 Å². The molecule has 2 N–H and O–H groups in total. The van der Waals surface area contributed by atoms with Crippen molar-refractivity contribution in [3.63, 3.8) is 0 Å². The van der Waals surface area contributed by atoms with Crippen LogP contribution in [0.1, 0.15) is 5.56 Å². The van der Waals surface area contributed by atoms with Crippen LogP contribution in [0.25, 0.3) is 0 Å². The van der Waals surface area contributed by atoms with Crippen molar-refractivity contribution in [3.05, 3.63) is 47.8 Å². The lowest BCUT2D eigenvalue weighted by Crippen LogP contribution is -2.55. The van der Waals surface area contributed by atoms with Crippen LogP contribution in [-0.4, -0.2) is 45.9 Å². The lowest BCUT2D eigenvalue weighted by atomic mass is 10.0. The number of primary amides is 1. The molecule has 1 aromatic rings. The van der Waals surface area contributed by atoms with Gasteiger partial charge in [0.2, 0.25) is 0 Å². The average Bonchev–Trinajstić information content (AvgIpc) is 2.57. The summed E-state index contributed by atoms with van der Waals surface area (Å²) in [5.74, 6) is -2.15. The number of rotatable bonds is 4. The zero-order valence-electron chi connectivity index (χ0n) is 12.6. The number of carbonyl (C=O) groups is 3. The third-order valence-corrected chi connectivity index (χ3v) is 3.71. The Morgan fingerprint density at radius 1 is 1.29 bits per heavy atom. The predicted octanol–water partition coefficient (Wildman–Crippen LogP) is 0.441. The van der Waals surface area contributed by atoms with Crippen molar-refractivity contribution in [2.75, 3.05) is 6.54 Å². The summed E-state index contributed by atoms with van der Waals surface area (Å²) in [6, 6.07) is 4.79. The highest BCUT2D eigenvalue weighted by molar-refractivity contribution is 6.15. The smallest absolute Gasteiger partial charge is 0.367 e. The molecular weight excluding hydrogens is 315 g/mol. The number of carbonyl (C=O) groups excluding carboxylic acids is 3. The molecular formula is C16H14FN4O3+. The van der Waals surface area contributed by atoms with Crippen molar-refractivity contribution >= 4 is 29.9 Å². The first-order valence-electron chi connectivity index (χ1n) is 7.20. The largest absolute Gasteiger partial charge is 0.446 e. The zero-order chi connectivity index (χ0) is 17.3. The number of nitrogens with two attached hydrogens (primary N) is 1. The second-order valence-electron chi connectivity index (χ2n) is 5.38. The Kier molecular flexibility index (Phi) is 4.03. The number of urea groups is 1. The molecule has 0 aromatic heterocycles. The van der Waals surface area contributed by atoms with E-state index >= 15 is 0 Å². The molecule has 2 aliphatic heterocycles. The van der Waals surface area contributed by atoms with Crippen LogP contribution in [0.4, 0.5) is 9.18 Å². The lowest BCUT2D eigenvalue weighted by Gasteiger charge is -2.26. The van der Waals surface area contributed by atoms with Gasteiger partial charge < -0.3 is 5.73 Å². The van der Waals surface area contributed by atoms with Crippen molar-refractivity contribution in [2.24, 2.45) is 16.6 Å². The Labute approximate surface area is 136 Å². The van der Waals surface area contributed by atoms with Gasteiger partial charge in [-0.05, 0) is 23.8 Å². The molecule has 4 amide bonds. The number of halogens is 1. The number of amides is 4. The molecule has 0 saturated heterocycles. The molecule has 0 spiro atoms. The highest BCUT2D eigenvalue weighted by atomic mass is 19.1. The number of amidine groups is 1. The predicted molar refractivity (Wildman–Crippen MR) is 82.8 cm³/mol. The van der Waals surface area contributed by atoms with Gasteiger partial charge in [0, 0.05) is 0 Å². The minimum absolute atomic E-state index is 0.0332. The maximum absolute atomic E-state index is 13.0. The molecule has 8 heteroatoms. The van der Waals surface area contributed by atoms with Crippen molar-refractivity contribution < 1.29 is 23.3 Å². The molecule has 0 fully saturated rings. The van der Waals surface area contributed by atoms with Crippen molar-refractivity contribution in [1.82, 2.24) is 4.90 Å². The Bertz CT molecular complexity index is 811. The zero-order valence-corrected chi connectivity index (χ0v) is 12.6. The fourth-order valence-corrected chi connectivity index (χ4v) is 2.61. The normalized spacial score (nSPS) is 19.7. The van der Waals surface area contributed by atoms with Crippen LogP contribution >= 0.6 is 0 Å². The van der Waals surface area contributed by atoms with E-state index in [-0.39, 0.29) is 18.9 Å². The van der Waals surface area contributed by atoms with Gasteiger partial charge in [-0.1, -0.05) is 18.2 Å². The Morgan fingerprint density at radius 2 is 2.00 bits per heavy atom. The van der Waals surface area contributed by atoms with Crippen LogP contribution in [0.15, 0.2) is 41.4 Å². The molecule has 1 unspecified atom stereocenters. The van der Waals surface area contributed by atoms with Gasteiger partial charge in [-0.25, -0.2) is 9.18 Å². The van der Waals surface area contributed by atoms with Gasteiger partial charge in [0.25, 0.3) is 11.7 Å². The number of fused-ring (bicyclic) bond motifs is 1. The Hall–Kier alpha value is -3.16. The third kappa shape index (κ3) is 2.85. The molecule has 7 nitrogen and oxygen atoms in total. The van der Waals surface area contributed by atoms with E-state index in [1.54, 1.807) is 12.2 Å². The van der Waals surface area contributed by atoms with E-state index in [9.17, 15) is 18.8 Å². The highest BCUT2D eigenvalue weighted by Crippen LogP contribution is 2.20. The number of nitrogens with zero attached hydrogens (tertiary/aromatic N) is 3. The maximum Gasteiger partial charge on any atom is 0.446 e. The third-order valence-electron chi connectivity index (χ3n) is 3.71. The molecule has 0 saturated carbocycles. The molecule has 3 rings (SSSR count). The molecule has 2 aliphatic rings. The number of imide groups is 1. The molecule has 1 aromatic carbocycles. The SMILES string of the molecule is NC(=O)C[N+]1=C2N=CC=CC2C(=O)N(Cc2ccc(F)cc2)C1=O. The molecule has 24 heavy (non-hydrogen) atoms. The summed E-state index contributed by atoms with van der Waals surface area (Å²) in [6.07, 6.45) is 4.64. The van der Waals surface area contributed by atoms with Crippen molar-refractivity contribution in [1.29, 1.82) is 0 Å². The summed E-state index contributed by atoms with van der Waals surface area (Å²) < 4.78 is 14.1. The van der Waals surface area contributed by atoms with Gasteiger partial charge in [-0.15, -0.1) is 4.99 Å². The van der Waals surface area contributed by atoms with Crippen molar-refractivity contribution in [2.45, 2.75) is 6.54 Å². The van der Waals surface area contributed by atoms with Crippen LogP contribution in [0.3, 0.4) is 0 Å². The summed E-state index contributed by atoms with van der Waals surface area (Å²) in [6.45, 7) is -0.405. The van der Waals surface area contributed by atoms with Crippen molar-refractivity contribution in [3.8, 4) is 0 Å². The van der Waals surface area contributed by atoms with Gasteiger partial charge in [-0.3, -0.25) is 9.59 Å². The molecule has 0 radical (unpaired) electrons. The number of hydrogen-bond donors (Lipinski definition) is 1. The number of allylic oxidation sites excluding steroid dienone is 1. The van der Waals surface area contributed by atoms with Crippen LogP contribution in [0, 0.1) is 11.7 Å². The lowest BCUT2D eigenvalue weighted by molar-refractivity contribution is -0.430. The minimum Gasteiger partial charge on any atom is -0.367 e. The van der Waals surface area contributed by atoms with Gasteiger partial charge in [-0.2, -0.15) is 9.48 Å². The summed E-state index contributed by atoms with van der Waals surface area (Å²) >= 11 is 0. The molecule has 0 bridgehead atoms. The van der Waals surface area contributed by atoms with E-state index in [1.807, 2.05) is 0 Å². The second kappa shape index (κ2) is 6.15. The first-order valence-corrected chi connectivity index (χ1v) is 7.20. The topological polar surface area (TPSA) is 95.8 Å². The number of aliphatic imine (C=N–C) groups is 1. The van der Waals surface area contributed by atoms with E-state index < -0.39 is 29.6 Å². The molecule has 122 valence electrons. The van der Waals surface area contributed by atoms with Crippen LogP contribution < -0.4 is 5.73 Å². The van der Waals surface area contributed by atoms with E-state index in [4.69, 9.17) is 5.73 Å². The standard InChI is InChI=1S/C16H13FN4O3/c17-11-5-3-10(4-6-11)8-21-15(23)12-2-1-7-19-14(12)20(16(21)24)9-13(18)22/h1-7,12H,8-9H2,(H-,18,22)/p+1. The Balaban J connectivity index is 1.97. The minimum atomic E-state index is -0.757. The average molecular weight is 329 g/mol. The highest BCUT2D eigenvalue weighted by Gasteiger charge is 2.46. The summed E-state index contributed by atoms with van der Waals surface area (Å²) in [7, 11) is 0. The molecule has 0 aliphatic carbocycles. The first kappa shape index (κ1) is 15.7. The fourth-order valence-electron chi connectivity index (χ4n) is 2.61. The number of hydrogen-bond acceptors (Lipinski definition) is 4. The van der Waals surface area contributed by atoms with Gasteiger partial charge >= 0.3 is 11.9 Å². The molecule has 1 atom stereocenters. The molecule has 2 heterocycles. The van der Waals surface area contributed by atoms with Crippen LogP contribution in [0.2, 0.25) is 0 Å². The Morgan fingerprint density at radius 3 is 2.67 bits per heavy atom. The number of benzene rings is 1. The monoisotopic (exact) mass is 329 g/mol. The van der Waals surface area contributed by atoms with Crippen LogP contribution in [0.5, 0.6) is 0 Å². The van der Waals surface area contributed by atoms with E-state index in [0.29, 0.717) is 5.56 Å². The number of dihydropyridines is 1. The summed E-state index contributed by atoms with van der Waals surface area (Å²) in [4.78, 5) is 41.6. The van der Waals surface area contributed by atoms with E-state index in [0.717, 1.165) is 9.48 Å². The first-order chi connectivity index (χ1) is 11.5. The van der Waals surface area contributed by atoms with Gasteiger partial charge in [0.15, 0.2) is 12.5 Å². The van der Waals surface area contributed by atoms with Gasteiger partial charge in [0.1, 0.15) is 18.6 Å². The summed E-state index contributed by atoms with van der Waals surface area (Å²) in [5.41, 5.74) is 5.78. The maximum atomic E-state index is 13.0. The summed E-state index contributed by atoms with van der Waals surface area (Å²) in [5, 5.41) is 0. The second-order valence-corrected chi connectivity index (χ2v) is 5.38. The van der Waals surface area contributed by atoms with E-state index in [2.05, 4.69) is 4.99 Å². The quantitative estimate of drug-likeness (QED) is 0.812.